The van der Waals surface area contributed by atoms with Gasteiger partial charge in [0, 0.05) is 30.0 Å². The zero-order chi connectivity index (χ0) is 12.8. The van der Waals surface area contributed by atoms with Crippen molar-refractivity contribution in [1.29, 1.82) is 0 Å². The highest BCUT2D eigenvalue weighted by Gasteiger charge is 2.03. The molecule has 1 N–H and O–H groups in total. The molecule has 1 aromatic carbocycles. The zero-order valence-electron chi connectivity index (χ0n) is 10.8. The van der Waals surface area contributed by atoms with Crippen molar-refractivity contribution >= 4 is 11.3 Å². The molecule has 0 aliphatic carbocycles. The van der Waals surface area contributed by atoms with Gasteiger partial charge in [-0.05, 0) is 24.6 Å². The van der Waals surface area contributed by atoms with E-state index in [-0.39, 0.29) is 6.10 Å². The molecule has 3 heteroatoms. The first-order valence-corrected chi connectivity index (χ1v) is 6.99. The zero-order valence-corrected chi connectivity index (χ0v) is 11.7. The largest absolute Gasteiger partial charge is 0.380 e. The Morgan fingerprint density at radius 2 is 1.94 bits per heavy atom. The number of nitrogens with one attached hydrogen (secondary N) is 1. The summed E-state index contributed by atoms with van der Waals surface area (Å²) >= 11 is 1.84. The second kappa shape index (κ2) is 6.69. The van der Waals surface area contributed by atoms with E-state index in [0.717, 1.165) is 13.1 Å². The monoisotopic (exact) mass is 261 g/mol. The summed E-state index contributed by atoms with van der Waals surface area (Å²) in [5.41, 5.74) is 1.29. The van der Waals surface area contributed by atoms with Gasteiger partial charge in [0.15, 0.2) is 0 Å². The van der Waals surface area contributed by atoms with Crippen LogP contribution in [0.5, 0.6) is 0 Å². The first-order valence-electron chi connectivity index (χ1n) is 6.17. The highest BCUT2D eigenvalue weighted by atomic mass is 32.1. The molecule has 0 radical (unpaired) electrons. The number of ether oxygens (including phenoxy) is 1. The summed E-state index contributed by atoms with van der Waals surface area (Å²) in [6.07, 6.45) is 0.263. The molecular formula is C15H19NOS. The first kappa shape index (κ1) is 13.3. The Hall–Kier alpha value is -1.16. The van der Waals surface area contributed by atoms with Gasteiger partial charge in [-0.25, -0.2) is 0 Å². The van der Waals surface area contributed by atoms with E-state index < -0.39 is 0 Å². The molecule has 1 aromatic heterocycles. The second-order valence-corrected chi connectivity index (χ2v) is 5.48. The Labute approximate surface area is 113 Å². The van der Waals surface area contributed by atoms with Crippen molar-refractivity contribution in [3.05, 3.63) is 47.3 Å². The molecule has 0 aliphatic rings. The van der Waals surface area contributed by atoms with E-state index in [1.54, 1.807) is 7.11 Å². The summed E-state index contributed by atoms with van der Waals surface area (Å²) in [5, 5.41) is 3.40. The van der Waals surface area contributed by atoms with Gasteiger partial charge in [0.1, 0.15) is 0 Å². The third-order valence-corrected chi connectivity index (χ3v) is 3.99. The Morgan fingerprint density at radius 1 is 1.17 bits per heavy atom. The van der Waals surface area contributed by atoms with Crippen LogP contribution < -0.4 is 5.32 Å². The van der Waals surface area contributed by atoms with E-state index >= 15 is 0 Å². The van der Waals surface area contributed by atoms with Gasteiger partial charge < -0.3 is 10.1 Å². The van der Waals surface area contributed by atoms with Gasteiger partial charge >= 0.3 is 0 Å². The third kappa shape index (κ3) is 3.67. The summed E-state index contributed by atoms with van der Waals surface area (Å²) in [6.45, 7) is 3.86. The van der Waals surface area contributed by atoms with E-state index in [0.29, 0.717) is 0 Å². The van der Waals surface area contributed by atoms with Crippen LogP contribution in [0.1, 0.15) is 11.8 Å². The fraction of sp³-hybridized carbons (Fsp3) is 0.333. The lowest BCUT2D eigenvalue weighted by Gasteiger charge is -2.09. The molecule has 0 fully saturated rings. The van der Waals surface area contributed by atoms with Crippen LogP contribution >= 0.6 is 11.3 Å². The quantitative estimate of drug-likeness (QED) is 0.858. The molecule has 0 saturated carbocycles. The van der Waals surface area contributed by atoms with Crippen LogP contribution in [0.15, 0.2) is 42.5 Å². The molecule has 2 rings (SSSR count). The van der Waals surface area contributed by atoms with Crippen molar-refractivity contribution in [3.63, 3.8) is 0 Å². The Balaban J connectivity index is 1.91. The SMILES string of the molecule is COC(C)CNCc1ccc(-c2ccccc2)s1. The van der Waals surface area contributed by atoms with Crippen LogP contribution in [0.2, 0.25) is 0 Å². The van der Waals surface area contributed by atoms with Crippen LogP contribution in [0.25, 0.3) is 10.4 Å². The Bertz CT molecular complexity index is 466. The fourth-order valence-electron chi connectivity index (χ4n) is 1.71. The fourth-order valence-corrected chi connectivity index (χ4v) is 2.70. The number of rotatable bonds is 6. The van der Waals surface area contributed by atoms with E-state index in [1.807, 2.05) is 17.4 Å². The van der Waals surface area contributed by atoms with Gasteiger partial charge in [-0.2, -0.15) is 0 Å². The number of methoxy groups -OCH3 is 1. The lowest BCUT2D eigenvalue weighted by molar-refractivity contribution is 0.117. The predicted octanol–water partition coefficient (Wildman–Crippen LogP) is 3.54. The van der Waals surface area contributed by atoms with Crippen LogP contribution in [0.3, 0.4) is 0 Å². The molecule has 2 nitrogen and oxygen atoms in total. The number of thiophene rings is 1. The molecule has 1 unspecified atom stereocenters. The second-order valence-electron chi connectivity index (χ2n) is 4.31. The third-order valence-electron chi connectivity index (χ3n) is 2.85. The van der Waals surface area contributed by atoms with Gasteiger partial charge in [-0.15, -0.1) is 11.3 Å². The van der Waals surface area contributed by atoms with Crippen molar-refractivity contribution < 1.29 is 4.74 Å². The Morgan fingerprint density at radius 3 is 2.67 bits per heavy atom. The molecule has 1 atom stereocenters. The summed E-state index contributed by atoms with van der Waals surface area (Å²) in [7, 11) is 1.74. The maximum Gasteiger partial charge on any atom is 0.0667 e. The van der Waals surface area contributed by atoms with Crippen LogP contribution in [0.4, 0.5) is 0 Å². The first-order chi connectivity index (χ1) is 8.79. The van der Waals surface area contributed by atoms with Crippen molar-refractivity contribution in [3.8, 4) is 10.4 Å². The number of hydrogen-bond donors (Lipinski definition) is 1. The summed E-state index contributed by atoms with van der Waals surface area (Å²) in [4.78, 5) is 2.68. The molecule has 1 heterocycles. The standard InChI is InChI=1S/C15H19NOS/c1-12(17-2)10-16-11-14-8-9-15(18-14)13-6-4-3-5-7-13/h3-9,12,16H,10-11H2,1-2H3. The van der Waals surface area contributed by atoms with Gasteiger partial charge in [0.05, 0.1) is 6.10 Å². The molecule has 0 amide bonds. The molecule has 2 aromatic rings. The minimum Gasteiger partial charge on any atom is -0.380 e. The van der Waals surface area contributed by atoms with Crippen LogP contribution in [-0.2, 0) is 11.3 Å². The maximum atomic E-state index is 5.20. The van der Waals surface area contributed by atoms with Crippen molar-refractivity contribution in [2.45, 2.75) is 19.6 Å². The molecule has 0 spiro atoms. The predicted molar refractivity (Wildman–Crippen MR) is 77.9 cm³/mol. The van der Waals surface area contributed by atoms with E-state index in [2.05, 4.69) is 48.6 Å². The van der Waals surface area contributed by atoms with Gasteiger partial charge in [-0.1, -0.05) is 30.3 Å². The molecule has 18 heavy (non-hydrogen) atoms. The van der Waals surface area contributed by atoms with E-state index in [1.165, 1.54) is 15.3 Å². The maximum absolute atomic E-state index is 5.20. The molecular weight excluding hydrogens is 242 g/mol. The van der Waals surface area contributed by atoms with Crippen molar-refractivity contribution in [2.24, 2.45) is 0 Å². The molecule has 96 valence electrons. The van der Waals surface area contributed by atoms with Gasteiger partial charge in [0.2, 0.25) is 0 Å². The number of hydrogen-bond acceptors (Lipinski definition) is 3. The van der Waals surface area contributed by atoms with Crippen LogP contribution in [-0.4, -0.2) is 19.8 Å². The minimum absolute atomic E-state index is 0.263. The topological polar surface area (TPSA) is 21.3 Å². The van der Waals surface area contributed by atoms with Crippen LogP contribution in [0, 0.1) is 0 Å². The van der Waals surface area contributed by atoms with Crippen molar-refractivity contribution in [2.75, 3.05) is 13.7 Å². The average molecular weight is 261 g/mol. The lowest BCUT2D eigenvalue weighted by Crippen LogP contribution is -2.25. The summed E-state index contributed by atoms with van der Waals surface area (Å²) in [5.74, 6) is 0. The smallest absolute Gasteiger partial charge is 0.0667 e. The molecule has 0 aliphatic heterocycles. The van der Waals surface area contributed by atoms with Gasteiger partial charge in [-0.3, -0.25) is 0 Å². The van der Waals surface area contributed by atoms with Gasteiger partial charge in [0.25, 0.3) is 0 Å². The molecule has 0 bridgehead atoms. The lowest BCUT2D eigenvalue weighted by atomic mass is 10.2. The van der Waals surface area contributed by atoms with E-state index in [9.17, 15) is 0 Å². The average Bonchev–Trinajstić information content (AvgIpc) is 2.88. The minimum atomic E-state index is 0.263. The Kier molecular flexibility index (Phi) is 4.93. The highest BCUT2D eigenvalue weighted by Crippen LogP contribution is 2.27. The van der Waals surface area contributed by atoms with Crippen molar-refractivity contribution in [1.82, 2.24) is 5.32 Å². The highest BCUT2D eigenvalue weighted by molar-refractivity contribution is 7.15. The number of benzene rings is 1. The summed E-state index contributed by atoms with van der Waals surface area (Å²) in [6, 6.07) is 14.9. The van der Waals surface area contributed by atoms with E-state index in [4.69, 9.17) is 4.74 Å². The summed E-state index contributed by atoms with van der Waals surface area (Å²) < 4.78 is 5.20. The normalized spacial score (nSPS) is 12.6. The molecule has 0 saturated heterocycles.